The number of nitrogens with one attached hydrogen (secondary N) is 1. The number of hydrogen-bond acceptors (Lipinski definition) is 5. The van der Waals surface area contributed by atoms with Crippen LogP contribution in [0.25, 0.3) is 0 Å². The second-order valence-corrected chi connectivity index (χ2v) is 6.64. The summed E-state index contributed by atoms with van der Waals surface area (Å²) < 4.78 is 7.26. The standard InChI is InChI=1S/C20H17ClN4O2/c1-13-17(19(26)27-11-14-5-3-2-4-6-14)18(15-7-9-16(21)10-8-15)25-20(24-13)22-12-23-25/h2-10,12,18H,11H2,1H3,(H,22,23,24)/t18-/m1/s1. The molecule has 0 amide bonds. The Morgan fingerprint density at radius 2 is 1.93 bits per heavy atom. The topological polar surface area (TPSA) is 69.0 Å². The normalized spacial score (nSPS) is 15.9. The molecule has 27 heavy (non-hydrogen) atoms. The molecule has 1 aromatic heterocycles. The summed E-state index contributed by atoms with van der Waals surface area (Å²) in [5, 5.41) is 8.04. The highest BCUT2D eigenvalue weighted by molar-refractivity contribution is 6.30. The first-order chi connectivity index (χ1) is 13.1. The molecule has 1 aliphatic heterocycles. The van der Waals surface area contributed by atoms with Crippen LogP contribution in [-0.2, 0) is 16.1 Å². The predicted molar refractivity (Wildman–Crippen MR) is 102 cm³/mol. The summed E-state index contributed by atoms with van der Waals surface area (Å²) in [4.78, 5) is 17.2. The van der Waals surface area contributed by atoms with Gasteiger partial charge in [-0.3, -0.25) is 0 Å². The monoisotopic (exact) mass is 380 g/mol. The summed E-state index contributed by atoms with van der Waals surface area (Å²) >= 11 is 6.02. The third-order valence-corrected chi connectivity index (χ3v) is 4.66. The fraction of sp³-hybridized carbons (Fsp3) is 0.150. The zero-order chi connectivity index (χ0) is 18.8. The number of hydrogen-bond donors (Lipinski definition) is 1. The van der Waals surface area contributed by atoms with Crippen molar-refractivity contribution in [2.24, 2.45) is 0 Å². The van der Waals surface area contributed by atoms with Gasteiger partial charge in [-0.25, -0.2) is 9.48 Å². The van der Waals surface area contributed by atoms with Crippen LogP contribution in [0.5, 0.6) is 0 Å². The first-order valence-electron chi connectivity index (χ1n) is 8.47. The molecule has 0 saturated heterocycles. The molecular weight excluding hydrogens is 364 g/mol. The number of benzene rings is 2. The minimum absolute atomic E-state index is 0.202. The van der Waals surface area contributed by atoms with E-state index in [1.807, 2.05) is 49.4 Å². The Morgan fingerprint density at radius 1 is 1.19 bits per heavy atom. The molecule has 3 aromatic rings. The Kier molecular flexibility index (Phi) is 4.64. The Labute approximate surface area is 161 Å². The molecule has 2 heterocycles. The lowest BCUT2D eigenvalue weighted by Gasteiger charge is -2.28. The smallest absolute Gasteiger partial charge is 0.338 e. The van der Waals surface area contributed by atoms with Gasteiger partial charge >= 0.3 is 5.97 Å². The van der Waals surface area contributed by atoms with Crippen molar-refractivity contribution in [2.45, 2.75) is 19.6 Å². The van der Waals surface area contributed by atoms with Crippen molar-refractivity contribution >= 4 is 23.5 Å². The van der Waals surface area contributed by atoms with Crippen LogP contribution in [-0.4, -0.2) is 20.7 Å². The number of ether oxygens (including phenoxy) is 1. The van der Waals surface area contributed by atoms with E-state index in [4.69, 9.17) is 16.3 Å². The molecule has 0 unspecified atom stereocenters. The Balaban J connectivity index is 1.67. The van der Waals surface area contributed by atoms with Crippen molar-refractivity contribution < 1.29 is 9.53 Å². The zero-order valence-electron chi connectivity index (χ0n) is 14.6. The molecular formula is C20H17ClN4O2. The van der Waals surface area contributed by atoms with Gasteiger partial charge < -0.3 is 10.1 Å². The highest BCUT2D eigenvalue weighted by atomic mass is 35.5. The van der Waals surface area contributed by atoms with Gasteiger partial charge in [-0.05, 0) is 30.2 Å². The third-order valence-electron chi connectivity index (χ3n) is 4.41. The molecule has 0 fully saturated rings. The summed E-state index contributed by atoms with van der Waals surface area (Å²) in [6.07, 6.45) is 1.46. The van der Waals surface area contributed by atoms with Gasteiger partial charge in [0.15, 0.2) is 0 Å². The van der Waals surface area contributed by atoms with Gasteiger partial charge in [-0.15, -0.1) is 0 Å². The van der Waals surface area contributed by atoms with Gasteiger partial charge in [-0.2, -0.15) is 10.1 Å². The number of halogens is 1. The van der Waals surface area contributed by atoms with Crippen molar-refractivity contribution in [1.29, 1.82) is 0 Å². The van der Waals surface area contributed by atoms with Crippen molar-refractivity contribution in [3.05, 3.63) is 88.3 Å². The van der Waals surface area contributed by atoms with Gasteiger partial charge in [0.2, 0.25) is 5.95 Å². The number of esters is 1. The van der Waals surface area contributed by atoms with Crippen LogP contribution in [0.1, 0.15) is 24.1 Å². The van der Waals surface area contributed by atoms with Gasteiger partial charge in [0, 0.05) is 10.7 Å². The molecule has 0 radical (unpaired) electrons. The quantitative estimate of drug-likeness (QED) is 0.694. The lowest BCUT2D eigenvalue weighted by atomic mass is 9.96. The minimum atomic E-state index is -0.440. The van der Waals surface area contributed by atoms with Crippen LogP contribution < -0.4 is 5.32 Å². The number of carbonyl (C=O) groups is 1. The second kappa shape index (κ2) is 7.25. The Morgan fingerprint density at radius 3 is 2.67 bits per heavy atom. The molecule has 2 aromatic carbocycles. The van der Waals surface area contributed by atoms with E-state index < -0.39 is 12.0 Å². The number of fused-ring (bicyclic) bond motifs is 1. The third kappa shape index (κ3) is 3.44. The molecule has 6 nitrogen and oxygen atoms in total. The first-order valence-corrected chi connectivity index (χ1v) is 8.85. The molecule has 1 N–H and O–H groups in total. The number of rotatable bonds is 4. The highest BCUT2D eigenvalue weighted by Crippen LogP contribution is 2.35. The molecule has 1 atom stereocenters. The maximum Gasteiger partial charge on any atom is 0.338 e. The van der Waals surface area contributed by atoms with Gasteiger partial charge in [0.1, 0.15) is 19.0 Å². The van der Waals surface area contributed by atoms with Crippen LogP contribution >= 0.6 is 11.6 Å². The van der Waals surface area contributed by atoms with Crippen LogP contribution in [0.15, 0.2) is 72.2 Å². The molecule has 4 rings (SSSR count). The molecule has 0 spiro atoms. The van der Waals surface area contributed by atoms with Crippen molar-refractivity contribution in [3.8, 4) is 0 Å². The molecule has 136 valence electrons. The number of anilines is 1. The fourth-order valence-electron chi connectivity index (χ4n) is 3.11. The summed E-state index contributed by atoms with van der Waals surface area (Å²) in [5.74, 6) is 0.178. The highest BCUT2D eigenvalue weighted by Gasteiger charge is 2.34. The number of aromatic nitrogens is 3. The maximum atomic E-state index is 13.0. The Hall–Kier alpha value is -3.12. The van der Waals surface area contributed by atoms with Gasteiger partial charge in [0.25, 0.3) is 0 Å². The van der Waals surface area contributed by atoms with E-state index in [1.54, 1.807) is 16.8 Å². The molecule has 7 heteroatoms. The van der Waals surface area contributed by atoms with E-state index in [0.29, 0.717) is 22.2 Å². The minimum Gasteiger partial charge on any atom is -0.457 e. The summed E-state index contributed by atoms with van der Waals surface area (Å²) in [5.41, 5.74) is 2.98. The van der Waals surface area contributed by atoms with Crippen molar-refractivity contribution in [1.82, 2.24) is 14.8 Å². The summed E-state index contributed by atoms with van der Waals surface area (Å²) in [6.45, 7) is 2.04. The van der Waals surface area contributed by atoms with E-state index in [0.717, 1.165) is 11.1 Å². The average molecular weight is 381 g/mol. The van der Waals surface area contributed by atoms with Crippen molar-refractivity contribution in [3.63, 3.8) is 0 Å². The number of allylic oxidation sites excluding steroid dienone is 1. The first kappa shape index (κ1) is 17.3. The van der Waals surface area contributed by atoms with Crippen LogP contribution in [0.3, 0.4) is 0 Å². The zero-order valence-corrected chi connectivity index (χ0v) is 15.3. The largest absolute Gasteiger partial charge is 0.457 e. The molecule has 0 bridgehead atoms. The van der Waals surface area contributed by atoms with Gasteiger partial charge in [-0.1, -0.05) is 54.1 Å². The SMILES string of the molecule is CC1=C(C(=O)OCc2ccccc2)[C@@H](c2ccc(Cl)cc2)n2ncnc2N1. The maximum absolute atomic E-state index is 13.0. The second-order valence-electron chi connectivity index (χ2n) is 6.21. The number of carbonyl (C=O) groups excluding carboxylic acids is 1. The van der Waals surface area contributed by atoms with Crippen LogP contribution in [0.4, 0.5) is 5.95 Å². The van der Waals surface area contributed by atoms with E-state index >= 15 is 0 Å². The predicted octanol–water partition coefficient (Wildman–Crippen LogP) is 3.96. The lowest BCUT2D eigenvalue weighted by Crippen LogP contribution is -2.29. The lowest BCUT2D eigenvalue weighted by molar-refractivity contribution is -0.140. The molecule has 0 aliphatic carbocycles. The van der Waals surface area contributed by atoms with E-state index in [2.05, 4.69) is 15.4 Å². The van der Waals surface area contributed by atoms with E-state index in [-0.39, 0.29) is 6.61 Å². The molecule has 1 aliphatic rings. The van der Waals surface area contributed by atoms with Crippen LogP contribution in [0.2, 0.25) is 5.02 Å². The summed E-state index contributed by atoms with van der Waals surface area (Å²) in [6, 6.07) is 16.5. The van der Waals surface area contributed by atoms with Crippen molar-refractivity contribution in [2.75, 3.05) is 5.32 Å². The average Bonchev–Trinajstić information content (AvgIpc) is 3.14. The van der Waals surface area contributed by atoms with E-state index in [1.165, 1.54) is 6.33 Å². The summed E-state index contributed by atoms with van der Waals surface area (Å²) in [7, 11) is 0. The Bertz CT molecular complexity index is 996. The number of nitrogens with zero attached hydrogens (tertiary/aromatic N) is 3. The fourth-order valence-corrected chi connectivity index (χ4v) is 3.24. The van der Waals surface area contributed by atoms with Gasteiger partial charge in [0.05, 0.1) is 5.57 Å². The molecule has 0 saturated carbocycles. The van der Waals surface area contributed by atoms with E-state index in [9.17, 15) is 4.79 Å². The van der Waals surface area contributed by atoms with Crippen LogP contribution in [0, 0.1) is 0 Å².